The van der Waals surface area contributed by atoms with Gasteiger partial charge in [0.1, 0.15) is 4.90 Å². The van der Waals surface area contributed by atoms with Gasteiger partial charge in [-0.15, -0.1) is 0 Å². The normalized spacial score (nSPS) is 18.3. The molecule has 1 aromatic heterocycles. The zero-order valence-corrected chi connectivity index (χ0v) is 16.6. The molecule has 0 unspecified atom stereocenters. The van der Waals surface area contributed by atoms with Gasteiger partial charge in [0.25, 0.3) is 0 Å². The lowest BCUT2D eigenvalue weighted by Gasteiger charge is -2.34. The summed E-state index contributed by atoms with van der Waals surface area (Å²) in [7, 11) is -3.59. The molecule has 0 aliphatic carbocycles. The summed E-state index contributed by atoms with van der Waals surface area (Å²) < 4.78 is 29.8. The largest absolute Gasteiger partial charge is 0.371 e. The van der Waals surface area contributed by atoms with E-state index in [4.69, 9.17) is 0 Å². The highest BCUT2D eigenvalue weighted by atomic mass is 32.2. The zero-order valence-electron chi connectivity index (χ0n) is 15.8. The lowest BCUT2D eigenvalue weighted by molar-refractivity contribution is 0.446. The fraction of sp³-hybridized carbons (Fsp3) is 0.526. The number of hydrogen-bond donors (Lipinski definition) is 1. The number of aryl methyl sites for hydroxylation is 2. The Morgan fingerprint density at radius 2 is 2.08 bits per heavy atom. The van der Waals surface area contributed by atoms with Crippen LogP contribution in [-0.2, 0) is 23.1 Å². The smallest absolute Gasteiger partial charge is 0.244 e. The van der Waals surface area contributed by atoms with Crippen LogP contribution >= 0.6 is 0 Å². The number of nitrogens with one attached hydrogen (secondary N) is 1. The fourth-order valence-electron chi connectivity index (χ4n) is 3.55. The van der Waals surface area contributed by atoms with Gasteiger partial charge in [0.2, 0.25) is 10.0 Å². The summed E-state index contributed by atoms with van der Waals surface area (Å²) in [5, 5.41) is 4.24. The summed E-state index contributed by atoms with van der Waals surface area (Å²) in [5.41, 5.74) is 2.66. The van der Waals surface area contributed by atoms with Gasteiger partial charge in [0, 0.05) is 38.1 Å². The number of aromatic nitrogens is 2. The van der Waals surface area contributed by atoms with Crippen molar-refractivity contribution < 1.29 is 8.42 Å². The third-order valence-corrected chi connectivity index (χ3v) is 6.46. The van der Waals surface area contributed by atoms with Gasteiger partial charge >= 0.3 is 0 Å². The molecular weight excluding hydrogens is 348 g/mol. The molecule has 1 aliphatic rings. The number of sulfonamides is 1. The number of rotatable bonds is 6. The highest BCUT2D eigenvalue weighted by Crippen LogP contribution is 2.26. The number of nitrogens with zero attached hydrogens (tertiary/aromatic N) is 3. The summed E-state index contributed by atoms with van der Waals surface area (Å²) in [5.74, 6) is 0.663. The Kier molecular flexibility index (Phi) is 5.67. The van der Waals surface area contributed by atoms with Crippen molar-refractivity contribution in [2.45, 2.75) is 51.6 Å². The van der Waals surface area contributed by atoms with Crippen molar-refractivity contribution in [2.24, 2.45) is 5.92 Å². The van der Waals surface area contributed by atoms with E-state index in [0.29, 0.717) is 18.2 Å². The number of hydrogen-bond acceptors (Lipinski definition) is 4. The Morgan fingerprint density at radius 3 is 2.77 bits per heavy atom. The first-order valence-electron chi connectivity index (χ1n) is 9.27. The highest BCUT2D eigenvalue weighted by Gasteiger charge is 2.22. The van der Waals surface area contributed by atoms with Gasteiger partial charge in [-0.25, -0.2) is 13.1 Å². The molecule has 2 heterocycles. The van der Waals surface area contributed by atoms with Crippen LogP contribution < -0.4 is 9.62 Å². The first-order valence-corrected chi connectivity index (χ1v) is 10.8. The van der Waals surface area contributed by atoms with E-state index in [9.17, 15) is 8.42 Å². The van der Waals surface area contributed by atoms with Crippen LogP contribution in [0, 0.1) is 12.8 Å². The number of anilines is 1. The van der Waals surface area contributed by atoms with E-state index in [1.54, 1.807) is 17.8 Å². The van der Waals surface area contributed by atoms with Gasteiger partial charge in [0.05, 0.1) is 5.69 Å². The van der Waals surface area contributed by atoms with Crippen molar-refractivity contribution in [3.8, 4) is 0 Å². The van der Waals surface area contributed by atoms with Crippen LogP contribution in [0.25, 0.3) is 0 Å². The average molecular weight is 377 g/mol. The lowest BCUT2D eigenvalue weighted by Crippen LogP contribution is -2.35. The van der Waals surface area contributed by atoms with Gasteiger partial charge in [-0.1, -0.05) is 25.1 Å². The minimum Gasteiger partial charge on any atom is -0.371 e. The number of piperidine rings is 1. The summed E-state index contributed by atoms with van der Waals surface area (Å²) in [6.45, 7) is 8.90. The molecule has 0 radical (unpaired) electrons. The third-order valence-electron chi connectivity index (χ3n) is 4.96. The SMILES string of the molecule is CCn1cc(S(=O)(=O)NCc2ccccc2N2CCC[C@H](C)C2)c(C)n1. The van der Waals surface area contributed by atoms with Crippen LogP contribution in [0.1, 0.15) is 37.9 Å². The molecule has 7 heteroatoms. The van der Waals surface area contributed by atoms with Crippen LogP contribution in [0.5, 0.6) is 0 Å². The zero-order chi connectivity index (χ0) is 18.7. The number of para-hydroxylation sites is 1. The van der Waals surface area contributed by atoms with Gasteiger partial charge in [0.15, 0.2) is 0 Å². The molecule has 6 nitrogen and oxygen atoms in total. The Bertz CT molecular complexity index is 860. The van der Waals surface area contributed by atoms with Crippen molar-refractivity contribution in [2.75, 3.05) is 18.0 Å². The summed E-state index contributed by atoms with van der Waals surface area (Å²) in [6.07, 6.45) is 4.03. The molecule has 1 aromatic carbocycles. The van der Waals surface area contributed by atoms with Gasteiger partial charge in [-0.3, -0.25) is 4.68 Å². The Hall–Kier alpha value is -1.86. The van der Waals surface area contributed by atoms with Crippen LogP contribution in [0.15, 0.2) is 35.4 Å². The van der Waals surface area contributed by atoms with Crippen molar-refractivity contribution in [1.82, 2.24) is 14.5 Å². The molecule has 1 saturated heterocycles. The highest BCUT2D eigenvalue weighted by molar-refractivity contribution is 7.89. The lowest BCUT2D eigenvalue weighted by atomic mass is 9.99. The quantitative estimate of drug-likeness (QED) is 0.842. The molecule has 26 heavy (non-hydrogen) atoms. The molecule has 0 spiro atoms. The second kappa shape index (κ2) is 7.80. The molecule has 3 rings (SSSR count). The molecule has 142 valence electrons. The Balaban J connectivity index is 1.78. The maximum atomic E-state index is 12.7. The third kappa shape index (κ3) is 4.10. The van der Waals surface area contributed by atoms with Crippen LogP contribution in [0.3, 0.4) is 0 Å². The molecule has 2 aromatic rings. The number of benzene rings is 1. The summed E-state index contributed by atoms with van der Waals surface area (Å²) >= 11 is 0. The summed E-state index contributed by atoms with van der Waals surface area (Å²) in [6, 6.07) is 8.06. The van der Waals surface area contributed by atoms with E-state index in [-0.39, 0.29) is 11.4 Å². The Morgan fingerprint density at radius 1 is 1.31 bits per heavy atom. The first-order chi connectivity index (χ1) is 12.4. The van der Waals surface area contributed by atoms with Crippen molar-refractivity contribution in [1.29, 1.82) is 0 Å². The maximum absolute atomic E-state index is 12.7. The van der Waals surface area contributed by atoms with E-state index < -0.39 is 10.0 Å². The monoisotopic (exact) mass is 376 g/mol. The van der Waals surface area contributed by atoms with E-state index in [1.165, 1.54) is 12.8 Å². The van der Waals surface area contributed by atoms with Crippen molar-refractivity contribution >= 4 is 15.7 Å². The maximum Gasteiger partial charge on any atom is 0.244 e. The van der Waals surface area contributed by atoms with Gasteiger partial charge in [-0.2, -0.15) is 5.10 Å². The fourth-order valence-corrected chi connectivity index (χ4v) is 4.74. The minimum absolute atomic E-state index is 0.253. The molecular formula is C19H28N4O2S. The van der Waals surface area contributed by atoms with E-state index in [0.717, 1.165) is 24.3 Å². The van der Waals surface area contributed by atoms with E-state index in [2.05, 4.69) is 27.7 Å². The Labute approximate surface area is 156 Å². The second-order valence-corrected chi connectivity index (χ2v) is 8.82. The predicted molar refractivity (Wildman–Crippen MR) is 104 cm³/mol. The topological polar surface area (TPSA) is 67.2 Å². The molecule has 0 saturated carbocycles. The van der Waals surface area contributed by atoms with Crippen LogP contribution in [0.4, 0.5) is 5.69 Å². The molecule has 1 N–H and O–H groups in total. The predicted octanol–water partition coefficient (Wildman–Crippen LogP) is 2.93. The molecule has 0 bridgehead atoms. The van der Waals surface area contributed by atoms with Crippen LogP contribution in [0.2, 0.25) is 0 Å². The van der Waals surface area contributed by atoms with Gasteiger partial charge in [-0.05, 0) is 44.2 Å². The standard InChI is InChI=1S/C19H28N4O2S/c1-4-23-14-19(16(3)21-23)26(24,25)20-12-17-9-5-6-10-18(17)22-11-7-8-15(2)13-22/h5-6,9-10,14-15,20H,4,7-8,11-13H2,1-3H3/t15-/m0/s1. The van der Waals surface area contributed by atoms with Crippen molar-refractivity contribution in [3.05, 3.63) is 41.7 Å². The van der Waals surface area contributed by atoms with Gasteiger partial charge < -0.3 is 4.90 Å². The second-order valence-electron chi connectivity index (χ2n) is 7.08. The molecule has 1 aliphatic heterocycles. The van der Waals surface area contributed by atoms with Crippen LogP contribution in [-0.4, -0.2) is 31.3 Å². The minimum atomic E-state index is -3.59. The average Bonchev–Trinajstić information content (AvgIpc) is 3.02. The molecule has 1 atom stereocenters. The molecule has 1 fully saturated rings. The van der Waals surface area contributed by atoms with E-state index in [1.807, 2.05) is 25.1 Å². The summed E-state index contributed by atoms with van der Waals surface area (Å²) in [4.78, 5) is 2.63. The first kappa shape index (κ1) is 18.9. The van der Waals surface area contributed by atoms with Crippen molar-refractivity contribution in [3.63, 3.8) is 0 Å². The van der Waals surface area contributed by atoms with E-state index >= 15 is 0 Å². The molecule has 0 amide bonds.